The molecule has 2 aliphatic heterocycles. The van der Waals surface area contributed by atoms with Crippen LogP contribution in [0.25, 0.3) is 0 Å². The van der Waals surface area contributed by atoms with Gasteiger partial charge in [-0.3, -0.25) is 9.67 Å². The van der Waals surface area contributed by atoms with E-state index in [1.165, 1.54) is 18.5 Å². The molecule has 0 bridgehead atoms. The summed E-state index contributed by atoms with van der Waals surface area (Å²) < 4.78 is 7.71. The van der Waals surface area contributed by atoms with Crippen molar-refractivity contribution < 1.29 is 4.74 Å². The molecule has 0 aromatic carbocycles. The first-order chi connectivity index (χ1) is 13.1. The zero-order valence-electron chi connectivity index (χ0n) is 17.3. The number of aryl methyl sites for hydroxylation is 1. The van der Waals surface area contributed by atoms with Crippen molar-refractivity contribution in [3.8, 4) is 0 Å². The van der Waals surface area contributed by atoms with Crippen molar-refractivity contribution in [2.45, 2.75) is 43.4 Å². The number of rotatable bonds is 6. The van der Waals surface area contributed by atoms with Gasteiger partial charge in [0.1, 0.15) is 0 Å². The van der Waals surface area contributed by atoms with Gasteiger partial charge in [0, 0.05) is 63.9 Å². The number of hydrogen-bond donors (Lipinski definition) is 2. The van der Waals surface area contributed by atoms with Gasteiger partial charge in [0.25, 0.3) is 0 Å². The van der Waals surface area contributed by atoms with Crippen LogP contribution in [0.1, 0.15) is 32.6 Å². The molecule has 160 valence electrons. The van der Waals surface area contributed by atoms with Crippen LogP contribution in [0.5, 0.6) is 0 Å². The van der Waals surface area contributed by atoms with E-state index in [1.54, 1.807) is 0 Å². The summed E-state index contributed by atoms with van der Waals surface area (Å²) in [6.45, 7) is 6.98. The van der Waals surface area contributed by atoms with Gasteiger partial charge in [-0.25, -0.2) is 0 Å². The Balaban J connectivity index is 0.00000280. The van der Waals surface area contributed by atoms with Gasteiger partial charge in [-0.2, -0.15) is 16.9 Å². The molecular formula is C19H35IN6OS. The minimum Gasteiger partial charge on any atom is -0.381 e. The van der Waals surface area contributed by atoms with Gasteiger partial charge in [0.05, 0.1) is 11.9 Å². The van der Waals surface area contributed by atoms with Crippen LogP contribution >= 0.6 is 35.7 Å². The molecule has 3 rings (SSSR count). The highest BCUT2D eigenvalue weighted by molar-refractivity contribution is 14.0. The molecule has 28 heavy (non-hydrogen) atoms. The summed E-state index contributed by atoms with van der Waals surface area (Å²) in [4.78, 5) is 6.89. The van der Waals surface area contributed by atoms with E-state index >= 15 is 0 Å². The Kier molecular flexibility index (Phi) is 9.68. The number of anilines is 1. The van der Waals surface area contributed by atoms with Gasteiger partial charge in [-0.1, -0.05) is 6.92 Å². The molecule has 2 N–H and O–H groups in total. The van der Waals surface area contributed by atoms with Gasteiger partial charge in [0.2, 0.25) is 0 Å². The number of ether oxygens (including phenoxy) is 1. The van der Waals surface area contributed by atoms with Crippen LogP contribution < -0.4 is 15.5 Å². The molecule has 9 heteroatoms. The largest absolute Gasteiger partial charge is 0.381 e. The molecule has 1 unspecified atom stereocenters. The molecule has 1 aromatic rings. The molecule has 0 amide bonds. The molecular weight excluding hydrogens is 487 g/mol. The molecule has 1 aromatic heterocycles. The van der Waals surface area contributed by atoms with E-state index in [1.807, 2.05) is 25.0 Å². The van der Waals surface area contributed by atoms with Crippen molar-refractivity contribution in [3.63, 3.8) is 0 Å². The minimum atomic E-state index is 0. The third kappa shape index (κ3) is 6.41. The third-order valence-electron chi connectivity index (χ3n) is 5.47. The Labute approximate surface area is 190 Å². The highest BCUT2D eigenvalue weighted by atomic mass is 127. The minimum absolute atomic E-state index is 0. The molecule has 0 aliphatic carbocycles. The number of nitrogens with zero attached hydrogens (tertiary/aromatic N) is 4. The molecule has 3 heterocycles. The van der Waals surface area contributed by atoms with E-state index in [9.17, 15) is 0 Å². The molecule has 1 atom stereocenters. The lowest BCUT2D eigenvalue weighted by molar-refractivity contribution is 0.0782. The second-order valence-corrected chi connectivity index (χ2v) is 9.19. The number of guanidine groups is 1. The summed E-state index contributed by atoms with van der Waals surface area (Å²) in [5.74, 6) is 2.05. The summed E-state index contributed by atoms with van der Waals surface area (Å²) in [6, 6.07) is 0.398. The first-order valence-electron chi connectivity index (χ1n) is 10.1. The lowest BCUT2D eigenvalue weighted by atomic mass is 9.99. The van der Waals surface area contributed by atoms with Crippen LogP contribution in [-0.4, -0.2) is 72.2 Å². The Bertz CT molecular complexity index is 614. The maximum atomic E-state index is 5.58. The predicted octanol–water partition coefficient (Wildman–Crippen LogP) is 2.47. The maximum absolute atomic E-state index is 5.58. The van der Waals surface area contributed by atoms with E-state index in [0.717, 1.165) is 57.4 Å². The molecule has 2 aliphatic rings. The Hall–Kier alpha value is -0.680. The van der Waals surface area contributed by atoms with Crippen molar-refractivity contribution in [1.82, 2.24) is 20.4 Å². The Morgan fingerprint density at radius 2 is 2.21 bits per heavy atom. The highest BCUT2D eigenvalue weighted by Gasteiger charge is 2.33. The van der Waals surface area contributed by atoms with E-state index < -0.39 is 0 Å². The average molecular weight is 523 g/mol. The van der Waals surface area contributed by atoms with E-state index in [2.05, 4.69) is 50.5 Å². The molecule has 2 fully saturated rings. The monoisotopic (exact) mass is 522 g/mol. The van der Waals surface area contributed by atoms with Crippen LogP contribution in [0.15, 0.2) is 17.4 Å². The third-order valence-corrected chi connectivity index (χ3v) is 6.93. The second kappa shape index (κ2) is 11.5. The number of thioether (sulfide) groups is 1. The zero-order chi connectivity index (χ0) is 19.1. The topological polar surface area (TPSA) is 66.7 Å². The normalized spacial score (nSPS) is 22.5. The number of aliphatic imine (C=N–C) groups is 1. The fourth-order valence-corrected chi connectivity index (χ4v) is 5.20. The Morgan fingerprint density at radius 3 is 2.86 bits per heavy atom. The standard InChI is InChI=1S/C19H34N6OS.HI/c1-4-27-19(7-10-26-11-8-19)15-21-18(20-2)23-16-6-5-9-25(13-16)17-12-22-24(3)14-17;/h12,14,16H,4-11,13,15H2,1-3H3,(H2,20,21,23);1H. The number of hydrogen-bond acceptors (Lipinski definition) is 5. The van der Waals surface area contributed by atoms with Crippen molar-refractivity contribution in [2.75, 3.05) is 50.5 Å². The predicted molar refractivity (Wildman–Crippen MR) is 129 cm³/mol. The zero-order valence-corrected chi connectivity index (χ0v) is 20.5. The summed E-state index contributed by atoms with van der Waals surface area (Å²) in [6.07, 6.45) is 8.59. The quantitative estimate of drug-likeness (QED) is 0.340. The first kappa shape index (κ1) is 23.6. The van der Waals surface area contributed by atoms with Crippen LogP contribution in [0.4, 0.5) is 5.69 Å². The molecule has 0 saturated carbocycles. The van der Waals surface area contributed by atoms with Gasteiger partial charge < -0.3 is 20.3 Å². The van der Waals surface area contributed by atoms with Crippen molar-refractivity contribution in [2.24, 2.45) is 12.0 Å². The van der Waals surface area contributed by atoms with Gasteiger partial charge in [-0.05, 0) is 31.4 Å². The molecule has 0 radical (unpaired) electrons. The molecule has 2 saturated heterocycles. The molecule has 0 spiro atoms. The Morgan fingerprint density at radius 1 is 1.43 bits per heavy atom. The van der Waals surface area contributed by atoms with Gasteiger partial charge >= 0.3 is 0 Å². The summed E-state index contributed by atoms with van der Waals surface area (Å²) >= 11 is 2.06. The summed E-state index contributed by atoms with van der Waals surface area (Å²) in [5, 5.41) is 11.5. The smallest absolute Gasteiger partial charge is 0.191 e. The van der Waals surface area contributed by atoms with Crippen molar-refractivity contribution in [3.05, 3.63) is 12.4 Å². The van der Waals surface area contributed by atoms with Crippen molar-refractivity contribution in [1.29, 1.82) is 0 Å². The molecule has 7 nitrogen and oxygen atoms in total. The fraction of sp³-hybridized carbons (Fsp3) is 0.789. The van der Waals surface area contributed by atoms with Gasteiger partial charge in [-0.15, -0.1) is 24.0 Å². The number of aromatic nitrogens is 2. The van der Waals surface area contributed by atoms with Crippen LogP contribution in [-0.2, 0) is 11.8 Å². The first-order valence-corrected chi connectivity index (χ1v) is 11.1. The second-order valence-electron chi connectivity index (χ2n) is 7.46. The van der Waals surface area contributed by atoms with Crippen molar-refractivity contribution >= 4 is 47.4 Å². The highest BCUT2D eigenvalue weighted by Crippen LogP contribution is 2.34. The average Bonchev–Trinajstić information content (AvgIpc) is 3.13. The van der Waals surface area contributed by atoms with E-state index in [-0.39, 0.29) is 28.7 Å². The van der Waals surface area contributed by atoms with Gasteiger partial charge in [0.15, 0.2) is 5.96 Å². The summed E-state index contributed by atoms with van der Waals surface area (Å²) in [5.41, 5.74) is 1.20. The van der Waals surface area contributed by atoms with Crippen LogP contribution in [0.3, 0.4) is 0 Å². The maximum Gasteiger partial charge on any atom is 0.191 e. The lowest BCUT2D eigenvalue weighted by Crippen LogP contribution is -2.54. The van der Waals surface area contributed by atoms with E-state index in [0.29, 0.717) is 6.04 Å². The number of piperidine rings is 1. The van der Waals surface area contributed by atoms with E-state index in [4.69, 9.17) is 4.74 Å². The number of nitrogens with one attached hydrogen (secondary N) is 2. The summed E-state index contributed by atoms with van der Waals surface area (Å²) in [7, 11) is 3.83. The van der Waals surface area contributed by atoms with Crippen LogP contribution in [0.2, 0.25) is 0 Å². The number of halogens is 1. The lowest BCUT2D eigenvalue weighted by Gasteiger charge is -2.38. The van der Waals surface area contributed by atoms with Crippen LogP contribution in [0, 0.1) is 0 Å². The SMILES string of the molecule is CCSC1(CNC(=NC)NC2CCCN(c3cnn(C)c3)C2)CCOCC1.I. The fourth-order valence-electron chi connectivity index (χ4n) is 3.96.